The topological polar surface area (TPSA) is 31.2 Å². The molecule has 100 valence electrons. The molecule has 0 saturated carbocycles. The van der Waals surface area contributed by atoms with Gasteiger partial charge in [-0.1, -0.05) is 11.6 Å². The standard InChI is InChI=1S/C14H13BrClNO2/c1-8-6-11(14(18)19-3)9(2)17(8)13-5-4-10(16)7-12(13)15/h4-7H,1-3H3. The maximum atomic E-state index is 11.7. The summed E-state index contributed by atoms with van der Waals surface area (Å²) in [5.41, 5.74) is 3.31. The lowest BCUT2D eigenvalue weighted by Crippen LogP contribution is -2.05. The molecule has 0 atom stereocenters. The summed E-state index contributed by atoms with van der Waals surface area (Å²) in [6.45, 7) is 3.83. The zero-order valence-corrected chi connectivity index (χ0v) is 13.2. The lowest BCUT2D eigenvalue weighted by molar-refractivity contribution is 0.0600. The van der Waals surface area contributed by atoms with Gasteiger partial charge in [0.1, 0.15) is 0 Å². The van der Waals surface area contributed by atoms with Crippen LogP contribution in [-0.2, 0) is 4.74 Å². The molecule has 19 heavy (non-hydrogen) atoms. The quantitative estimate of drug-likeness (QED) is 0.762. The summed E-state index contributed by atoms with van der Waals surface area (Å²) in [6.07, 6.45) is 0. The van der Waals surface area contributed by atoms with Crippen LogP contribution in [0.3, 0.4) is 0 Å². The van der Waals surface area contributed by atoms with Gasteiger partial charge in [0.15, 0.2) is 0 Å². The Labute approximate surface area is 125 Å². The Hall–Kier alpha value is -1.26. The molecule has 0 aliphatic carbocycles. The van der Waals surface area contributed by atoms with Crippen LogP contribution in [0.5, 0.6) is 0 Å². The van der Waals surface area contributed by atoms with Crippen LogP contribution in [0, 0.1) is 13.8 Å². The molecule has 0 amide bonds. The number of halogens is 2. The summed E-state index contributed by atoms with van der Waals surface area (Å²) in [5.74, 6) is -0.329. The molecule has 0 spiro atoms. The molecule has 2 rings (SSSR count). The second-order valence-electron chi connectivity index (χ2n) is 4.21. The molecule has 0 unspecified atom stereocenters. The number of ether oxygens (including phenoxy) is 1. The molecule has 2 aromatic rings. The molecule has 3 nitrogen and oxygen atoms in total. The first-order valence-electron chi connectivity index (χ1n) is 5.68. The van der Waals surface area contributed by atoms with Gasteiger partial charge in [-0.05, 0) is 54.0 Å². The Bertz CT molecular complexity index is 649. The number of benzene rings is 1. The highest BCUT2D eigenvalue weighted by Gasteiger charge is 2.18. The van der Waals surface area contributed by atoms with Gasteiger partial charge in [0.05, 0.1) is 18.4 Å². The van der Waals surface area contributed by atoms with Crippen LogP contribution < -0.4 is 0 Å². The van der Waals surface area contributed by atoms with E-state index in [1.807, 2.05) is 42.7 Å². The Morgan fingerprint density at radius 3 is 2.58 bits per heavy atom. The summed E-state index contributed by atoms with van der Waals surface area (Å²) in [5, 5.41) is 0.659. The minimum atomic E-state index is -0.329. The van der Waals surface area contributed by atoms with E-state index in [-0.39, 0.29) is 5.97 Å². The number of carbonyl (C=O) groups excluding carboxylic acids is 1. The van der Waals surface area contributed by atoms with Crippen LogP contribution in [0.1, 0.15) is 21.7 Å². The van der Waals surface area contributed by atoms with E-state index in [4.69, 9.17) is 16.3 Å². The van der Waals surface area contributed by atoms with Crippen molar-refractivity contribution in [2.45, 2.75) is 13.8 Å². The van der Waals surface area contributed by atoms with Crippen LogP contribution in [0.2, 0.25) is 5.02 Å². The number of rotatable bonds is 2. The zero-order chi connectivity index (χ0) is 14.2. The summed E-state index contributed by atoms with van der Waals surface area (Å²) >= 11 is 9.44. The van der Waals surface area contributed by atoms with Gasteiger partial charge >= 0.3 is 5.97 Å². The largest absolute Gasteiger partial charge is 0.465 e. The predicted molar refractivity (Wildman–Crippen MR) is 79.3 cm³/mol. The zero-order valence-electron chi connectivity index (χ0n) is 10.8. The number of methoxy groups -OCH3 is 1. The van der Waals surface area contributed by atoms with Crippen LogP contribution in [0.15, 0.2) is 28.7 Å². The summed E-state index contributed by atoms with van der Waals surface area (Å²) in [4.78, 5) is 11.7. The average Bonchev–Trinajstić information content (AvgIpc) is 2.65. The molecule has 0 aliphatic rings. The van der Waals surface area contributed by atoms with Gasteiger partial charge in [0.2, 0.25) is 0 Å². The first-order valence-corrected chi connectivity index (χ1v) is 6.85. The highest BCUT2D eigenvalue weighted by molar-refractivity contribution is 9.10. The first kappa shape index (κ1) is 14.2. The van der Waals surface area contributed by atoms with E-state index in [0.717, 1.165) is 21.5 Å². The van der Waals surface area contributed by atoms with Gasteiger partial charge in [-0.25, -0.2) is 4.79 Å². The second kappa shape index (κ2) is 5.39. The van der Waals surface area contributed by atoms with Crippen molar-refractivity contribution in [1.29, 1.82) is 0 Å². The molecule has 5 heteroatoms. The lowest BCUT2D eigenvalue weighted by atomic mass is 10.2. The fourth-order valence-electron chi connectivity index (χ4n) is 2.11. The van der Waals surface area contributed by atoms with Crippen molar-refractivity contribution in [3.05, 3.63) is 50.7 Å². The maximum absolute atomic E-state index is 11.7. The second-order valence-corrected chi connectivity index (χ2v) is 5.50. The smallest absolute Gasteiger partial charge is 0.339 e. The third-order valence-electron chi connectivity index (χ3n) is 2.99. The number of nitrogens with zero attached hydrogens (tertiary/aromatic N) is 1. The van der Waals surface area contributed by atoms with Crippen LogP contribution in [0.4, 0.5) is 0 Å². The monoisotopic (exact) mass is 341 g/mol. The molecule has 0 saturated heterocycles. The van der Waals surface area contributed by atoms with Crippen LogP contribution >= 0.6 is 27.5 Å². The van der Waals surface area contributed by atoms with Gasteiger partial charge in [0, 0.05) is 20.9 Å². The van der Waals surface area contributed by atoms with E-state index in [0.29, 0.717) is 10.6 Å². The van der Waals surface area contributed by atoms with Crippen molar-refractivity contribution in [3.63, 3.8) is 0 Å². The Morgan fingerprint density at radius 2 is 2.00 bits per heavy atom. The van der Waals surface area contributed by atoms with Gasteiger partial charge in [-0.3, -0.25) is 0 Å². The summed E-state index contributed by atoms with van der Waals surface area (Å²) in [6, 6.07) is 7.38. The molecule has 0 fully saturated rings. The van der Waals surface area contributed by atoms with Gasteiger partial charge < -0.3 is 9.30 Å². The third-order valence-corrected chi connectivity index (χ3v) is 3.86. The number of carbonyl (C=O) groups is 1. The van der Waals surface area contributed by atoms with Crippen molar-refractivity contribution < 1.29 is 9.53 Å². The van der Waals surface area contributed by atoms with Crippen molar-refractivity contribution in [1.82, 2.24) is 4.57 Å². The molecule has 0 aliphatic heterocycles. The first-order chi connectivity index (χ1) is 8.95. The molecule has 1 heterocycles. The van der Waals surface area contributed by atoms with E-state index in [2.05, 4.69) is 15.9 Å². The van der Waals surface area contributed by atoms with E-state index >= 15 is 0 Å². The minimum absolute atomic E-state index is 0.329. The molecule has 1 aromatic heterocycles. The third kappa shape index (κ3) is 2.55. The van der Waals surface area contributed by atoms with Crippen molar-refractivity contribution >= 4 is 33.5 Å². The number of aryl methyl sites for hydroxylation is 1. The van der Waals surface area contributed by atoms with Gasteiger partial charge in [0.25, 0.3) is 0 Å². The van der Waals surface area contributed by atoms with Gasteiger partial charge in [-0.2, -0.15) is 0 Å². The number of hydrogen-bond acceptors (Lipinski definition) is 2. The summed E-state index contributed by atoms with van der Waals surface area (Å²) < 4.78 is 7.65. The fraction of sp³-hybridized carbons (Fsp3) is 0.214. The summed E-state index contributed by atoms with van der Waals surface area (Å²) in [7, 11) is 1.38. The van der Waals surface area contributed by atoms with Crippen molar-refractivity contribution in [2.75, 3.05) is 7.11 Å². The SMILES string of the molecule is COC(=O)c1cc(C)n(-c2ccc(Cl)cc2Br)c1C. The molecule has 1 aromatic carbocycles. The highest BCUT2D eigenvalue weighted by atomic mass is 79.9. The number of aromatic nitrogens is 1. The molecule has 0 bridgehead atoms. The number of esters is 1. The molecular formula is C14H13BrClNO2. The van der Waals surface area contributed by atoms with Crippen LogP contribution in [-0.4, -0.2) is 17.6 Å². The molecule has 0 N–H and O–H groups in total. The normalized spacial score (nSPS) is 10.6. The minimum Gasteiger partial charge on any atom is -0.465 e. The lowest BCUT2D eigenvalue weighted by Gasteiger charge is -2.12. The molecule has 0 radical (unpaired) electrons. The van der Waals surface area contributed by atoms with E-state index in [9.17, 15) is 4.79 Å². The van der Waals surface area contributed by atoms with Crippen LogP contribution in [0.25, 0.3) is 5.69 Å². The average molecular weight is 343 g/mol. The Balaban J connectivity index is 2.63. The van der Waals surface area contributed by atoms with E-state index < -0.39 is 0 Å². The Morgan fingerprint density at radius 1 is 1.32 bits per heavy atom. The van der Waals surface area contributed by atoms with E-state index in [1.165, 1.54) is 7.11 Å². The maximum Gasteiger partial charge on any atom is 0.339 e. The Kier molecular flexibility index (Phi) is 4.02. The van der Waals surface area contributed by atoms with Crippen molar-refractivity contribution in [2.24, 2.45) is 0 Å². The molecular weight excluding hydrogens is 330 g/mol. The number of hydrogen-bond donors (Lipinski definition) is 0. The van der Waals surface area contributed by atoms with Crippen molar-refractivity contribution in [3.8, 4) is 5.69 Å². The van der Waals surface area contributed by atoms with E-state index in [1.54, 1.807) is 0 Å². The fourth-order valence-corrected chi connectivity index (χ4v) is 2.97. The highest BCUT2D eigenvalue weighted by Crippen LogP contribution is 2.29. The van der Waals surface area contributed by atoms with Gasteiger partial charge in [-0.15, -0.1) is 0 Å². The predicted octanol–water partition coefficient (Wildman–Crippen LogP) is 4.30.